The molecule has 0 fully saturated rings. The van der Waals surface area contributed by atoms with Crippen molar-refractivity contribution in [2.75, 3.05) is 0 Å². The highest BCUT2D eigenvalue weighted by molar-refractivity contribution is 6.24. The summed E-state index contributed by atoms with van der Waals surface area (Å²) in [5.41, 5.74) is -0.250. The number of hydrogen-bond acceptors (Lipinski definition) is 3. The number of alkyl halides is 1. The van der Waals surface area contributed by atoms with Gasteiger partial charge in [0.25, 0.3) is 0 Å². The molecule has 0 saturated heterocycles. The van der Waals surface area contributed by atoms with Crippen LogP contribution in [0.2, 0.25) is 0 Å². The van der Waals surface area contributed by atoms with Crippen molar-refractivity contribution < 1.29 is 9.53 Å². The van der Waals surface area contributed by atoms with Crippen molar-refractivity contribution >= 4 is 17.6 Å². The fourth-order valence-corrected chi connectivity index (χ4v) is 3.66. The van der Waals surface area contributed by atoms with Gasteiger partial charge in [-0.05, 0) is 12.8 Å². The maximum Gasteiger partial charge on any atom is 0.331 e. The van der Waals surface area contributed by atoms with E-state index in [4.69, 9.17) is 16.3 Å². The van der Waals surface area contributed by atoms with Crippen LogP contribution in [0.15, 0.2) is 12.7 Å². The summed E-state index contributed by atoms with van der Waals surface area (Å²) in [7, 11) is 0. The van der Waals surface area contributed by atoms with E-state index in [1.165, 1.54) is 76.7 Å². The van der Waals surface area contributed by atoms with Gasteiger partial charge in [0.15, 0.2) is 5.06 Å². The molecule has 1 unspecified atom stereocenters. The van der Waals surface area contributed by atoms with E-state index in [9.17, 15) is 4.79 Å². The van der Waals surface area contributed by atoms with E-state index < -0.39 is 11.0 Å². The van der Waals surface area contributed by atoms with Gasteiger partial charge in [0.2, 0.25) is 0 Å². The Balaban J connectivity index is 0. The number of esters is 1. The standard InChI is InChI=1S/C23H43ClO2.H3N/c1-6-9-10-11-12-13-14-15-16-17-18-19-20-22(4,5)23(24,8-3)26-21(25)7-2;/h7H,2,6,8-20H2,1,3-5H3;1H3. The molecule has 0 rings (SSSR count). The fraction of sp³-hybridized carbons (Fsp3) is 0.870. The van der Waals surface area contributed by atoms with Gasteiger partial charge < -0.3 is 10.9 Å². The summed E-state index contributed by atoms with van der Waals surface area (Å²) >= 11 is 6.64. The number of unbranched alkanes of at least 4 members (excludes halogenated alkanes) is 11. The first-order valence-corrected chi connectivity index (χ1v) is 11.2. The molecule has 0 aliphatic rings. The highest BCUT2D eigenvalue weighted by atomic mass is 35.5. The lowest BCUT2D eigenvalue weighted by molar-refractivity contribution is -0.155. The third-order valence-corrected chi connectivity index (χ3v) is 6.41. The Morgan fingerprint density at radius 3 is 1.67 bits per heavy atom. The van der Waals surface area contributed by atoms with Crippen LogP contribution >= 0.6 is 11.6 Å². The zero-order valence-corrected chi connectivity index (χ0v) is 19.3. The molecule has 0 aliphatic heterocycles. The summed E-state index contributed by atoms with van der Waals surface area (Å²) in [6, 6.07) is 0. The molecular formula is C23H46ClNO2. The summed E-state index contributed by atoms with van der Waals surface area (Å²) in [4.78, 5) is 11.6. The zero-order chi connectivity index (χ0) is 19.9. The smallest absolute Gasteiger partial charge is 0.331 e. The molecule has 3 N–H and O–H groups in total. The molecular weight excluding hydrogens is 358 g/mol. The average Bonchev–Trinajstić information content (AvgIpc) is 2.62. The molecule has 1 atom stereocenters. The number of halogens is 1. The van der Waals surface area contributed by atoms with Crippen molar-refractivity contribution in [3.63, 3.8) is 0 Å². The van der Waals surface area contributed by atoms with Gasteiger partial charge in [-0.3, -0.25) is 0 Å². The van der Waals surface area contributed by atoms with Gasteiger partial charge >= 0.3 is 5.97 Å². The quantitative estimate of drug-likeness (QED) is 0.115. The van der Waals surface area contributed by atoms with Crippen LogP contribution in [-0.4, -0.2) is 11.0 Å². The summed E-state index contributed by atoms with van der Waals surface area (Å²) in [5, 5.41) is -0.948. The highest BCUT2D eigenvalue weighted by Gasteiger charge is 2.44. The lowest BCUT2D eigenvalue weighted by Gasteiger charge is -2.40. The molecule has 27 heavy (non-hydrogen) atoms. The van der Waals surface area contributed by atoms with Gasteiger partial charge in [-0.25, -0.2) is 4.79 Å². The van der Waals surface area contributed by atoms with Crippen molar-refractivity contribution in [1.82, 2.24) is 6.15 Å². The molecule has 0 aliphatic carbocycles. The molecule has 0 spiro atoms. The summed E-state index contributed by atoms with van der Waals surface area (Å²) in [6.07, 6.45) is 18.8. The number of carbonyl (C=O) groups is 1. The van der Waals surface area contributed by atoms with Crippen LogP contribution in [0.3, 0.4) is 0 Å². The Labute approximate surface area is 174 Å². The minimum absolute atomic E-state index is 0. The molecule has 0 heterocycles. The molecule has 0 saturated carbocycles. The Morgan fingerprint density at radius 1 is 0.889 bits per heavy atom. The predicted molar refractivity (Wildman–Crippen MR) is 120 cm³/mol. The Kier molecular flexibility index (Phi) is 17.4. The van der Waals surface area contributed by atoms with Crippen LogP contribution in [0.25, 0.3) is 0 Å². The van der Waals surface area contributed by atoms with Crippen molar-refractivity contribution in [3.05, 3.63) is 12.7 Å². The maximum atomic E-state index is 11.6. The molecule has 0 aromatic rings. The van der Waals surface area contributed by atoms with E-state index in [0.717, 1.165) is 12.8 Å². The summed E-state index contributed by atoms with van der Waals surface area (Å²) in [6.45, 7) is 11.9. The van der Waals surface area contributed by atoms with Crippen LogP contribution in [0.4, 0.5) is 0 Å². The van der Waals surface area contributed by atoms with E-state index in [1.807, 2.05) is 6.92 Å². The van der Waals surface area contributed by atoms with E-state index in [0.29, 0.717) is 6.42 Å². The lowest BCUT2D eigenvalue weighted by atomic mass is 9.79. The monoisotopic (exact) mass is 403 g/mol. The normalized spacial score (nSPS) is 13.5. The van der Waals surface area contributed by atoms with Gasteiger partial charge in [0.05, 0.1) is 0 Å². The number of rotatable bonds is 17. The molecule has 0 aromatic carbocycles. The second-order valence-corrected chi connectivity index (χ2v) is 8.84. The second kappa shape index (κ2) is 16.4. The summed E-state index contributed by atoms with van der Waals surface area (Å²) in [5.74, 6) is -0.440. The Morgan fingerprint density at radius 2 is 1.30 bits per heavy atom. The molecule has 3 nitrogen and oxygen atoms in total. The largest absolute Gasteiger partial charge is 0.439 e. The van der Waals surface area contributed by atoms with Gasteiger partial charge in [0, 0.05) is 11.5 Å². The first-order chi connectivity index (χ1) is 12.3. The predicted octanol–water partition coefficient (Wildman–Crippen LogP) is 8.34. The van der Waals surface area contributed by atoms with E-state index >= 15 is 0 Å². The third kappa shape index (κ3) is 12.5. The van der Waals surface area contributed by atoms with Crippen LogP contribution in [-0.2, 0) is 9.53 Å². The molecule has 0 bridgehead atoms. The van der Waals surface area contributed by atoms with E-state index in [-0.39, 0.29) is 11.6 Å². The van der Waals surface area contributed by atoms with Crippen molar-refractivity contribution in [2.24, 2.45) is 5.41 Å². The minimum Gasteiger partial charge on any atom is -0.439 e. The minimum atomic E-state index is -0.948. The lowest BCUT2D eigenvalue weighted by Crippen LogP contribution is -2.43. The van der Waals surface area contributed by atoms with Crippen molar-refractivity contribution in [1.29, 1.82) is 0 Å². The topological polar surface area (TPSA) is 61.3 Å². The fourth-order valence-electron chi connectivity index (χ4n) is 3.48. The molecule has 4 heteroatoms. The average molecular weight is 404 g/mol. The second-order valence-electron chi connectivity index (χ2n) is 8.23. The Hall–Kier alpha value is -0.540. The van der Waals surface area contributed by atoms with Gasteiger partial charge in [-0.2, -0.15) is 0 Å². The van der Waals surface area contributed by atoms with Gasteiger partial charge in [-0.15, -0.1) is 0 Å². The molecule has 0 radical (unpaired) electrons. The van der Waals surface area contributed by atoms with Gasteiger partial charge in [0.1, 0.15) is 0 Å². The first kappa shape index (κ1) is 28.7. The first-order valence-electron chi connectivity index (χ1n) is 10.9. The highest BCUT2D eigenvalue weighted by Crippen LogP contribution is 2.44. The number of carbonyl (C=O) groups excluding carboxylic acids is 1. The maximum absolute atomic E-state index is 11.6. The Bertz CT molecular complexity index is 385. The SMILES string of the molecule is C=CC(=O)OC(Cl)(CC)C(C)(C)CCCCCCCCCCCCCC.N. The molecule has 0 aromatic heterocycles. The van der Waals surface area contributed by atoms with Crippen molar-refractivity contribution in [2.45, 2.75) is 123 Å². The van der Waals surface area contributed by atoms with E-state index in [1.54, 1.807) is 0 Å². The number of ether oxygens (including phenoxy) is 1. The number of hydrogen-bond donors (Lipinski definition) is 1. The van der Waals surface area contributed by atoms with Crippen molar-refractivity contribution in [3.8, 4) is 0 Å². The van der Waals surface area contributed by atoms with Crippen LogP contribution < -0.4 is 6.15 Å². The van der Waals surface area contributed by atoms with E-state index in [2.05, 4.69) is 27.4 Å². The molecule has 162 valence electrons. The van der Waals surface area contributed by atoms with Crippen LogP contribution in [0, 0.1) is 5.41 Å². The molecule has 0 amide bonds. The zero-order valence-electron chi connectivity index (χ0n) is 18.6. The summed E-state index contributed by atoms with van der Waals surface area (Å²) < 4.78 is 5.47. The van der Waals surface area contributed by atoms with Crippen LogP contribution in [0.5, 0.6) is 0 Å². The third-order valence-electron chi connectivity index (χ3n) is 5.55. The van der Waals surface area contributed by atoms with Gasteiger partial charge in [-0.1, -0.05) is 123 Å². The van der Waals surface area contributed by atoms with Crippen LogP contribution in [0.1, 0.15) is 118 Å².